The van der Waals surface area contributed by atoms with Crippen LogP contribution >= 0.6 is 0 Å². The van der Waals surface area contributed by atoms with Crippen molar-refractivity contribution in [2.24, 2.45) is 0 Å². The van der Waals surface area contributed by atoms with Crippen LogP contribution in [0.4, 0.5) is 11.6 Å². The number of H-pyrrole nitrogens is 1. The van der Waals surface area contributed by atoms with E-state index in [4.69, 9.17) is 9.47 Å². The highest BCUT2D eigenvalue weighted by atomic mass is 16.5. The zero-order valence-electron chi connectivity index (χ0n) is 16.2. The molecule has 2 N–H and O–H groups in total. The summed E-state index contributed by atoms with van der Waals surface area (Å²) in [6.45, 7) is 1.78. The molecule has 0 saturated carbocycles. The van der Waals surface area contributed by atoms with Gasteiger partial charge < -0.3 is 14.4 Å². The van der Waals surface area contributed by atoms with E-state index >= 15 is 0 Å². The van der Waals surface area contributed by atoms with Gasteiger partial charge in [-0.15, -0.1) is 5.10 Å². The van der Waals surface area contributed by atoms with Crippen LogP contribution in [0.3, 0.4) is 0 Å². The molecule has 0 bridgehead atoms. The number of amides is 1. The molecule has 2 aromatic carbocycles. The van der Waals surface area contributed by atoms with E-state index in [-0.39, 0.29) is 11.9 Å². The second-order valence-corrected chi connectivity index (χ2v) is 6.45. The highest BCUT2D eigenvalue weighted by Crippen LogP contribution is 2.31. The second-order valence-electron chi connectivity index (χ2n) is 6.45. The average Bonchev–Trinajstić information content (AvgIpc) is 3.46. The third-order valence-corrected chi connectivity index (χ3v) is 4.69. The minimum atomic E-state index is -0.275. The van der Waals surface area contributed by atoms with Gasteiger partial charge in [-0.3, -0.25) is 15.2 Å². The first kappa shape index (κ1) is 18.5. The van der Waals surface area contributed by atoms with Gasteiger partial charge in [0.2, 0.25) is 5.95 Å². The zero-order valence-corrected chi connectivity index (χ0v) is 16.2. The van der Waals surface area contributed by atoms with Gasteiger partial charge in [0.25, 0.3) is 5.91 Å². The van der Waals surface area contributed by atoms with Gasteiger partial charge in [0.05, 0.1) is 19.8 Å². The fourth-order valence-corrected chi connectivity index (χ4v) is 3.12. The van der Waals surface area contributed by atoms with E-state index in [0.717, 1.165) is 18.8 Å². The summed E-state index contributed by atoms with van der Waals surface area (Å²) >= 11 is 0. The van der Waals surface area contributed by atoms with E-state index in [1.165, 1.54) is 0 Å². The zero-order chi connectivity index (χ0) is 20.2. The van der Waals surface area contributed by atoms with E-state index < -0.39 is 0 Å². The second kappa shape index (κ2) is 8.05. The smallest absolute Gasteiger partial charge is 0.258 e. The number of anilines is 2. The molecule has 0 unspecified atom stereocenters. The molecule has 0 aliphatic carbocycles. The lowest BCUT2D eigenvalue weighted by Gasteiger charge is -2.17. The number of methoxy groups -OCH3 is 2. The summed E-state index contributed by atoms with van der Waals surface area (Å²) in [6, 6.07) is 12.8. The fraction of sp³-hybridized carbons (Fsp3) is 0.190. The lowest BCUT2D eigenvalue weighted by Crippen LogP contribution is -2.19. The molecule has 1 aliphatic heterocycles. The molecule has 3 aromatic rings. The molecule has 2 heterocycles. The Hall–Kier alpha value is -3.81. The summed E-state index contributed by atoms with van der Waals surface area (Å²) in [5.74, 6) is 1.66. The lowest BCUT2D eigenvalue weighted by atomic mass is 10.2. The predicted molar refractivity (Wildman–Crippen MR) is 111 cm³/mol. The molecular weight excluding hydrogens is 370 g/mol. The van der Waals surface area contributed by atoms with E-state index in [9.17, 15) is 4.79 Å². The first-order valence-corrected chi connectivity index (χ1v) is 9.14. The average molecular weight is 391 g/mol. The van der Waals surface area contributed by atoms with Crippen molar-refractivity contribution >= 4 is 17.5 Å². The number of rotatable bonds is 6. The molecule has 8 heteroatoms. The van der Waals surface area contributed by atoms with Gasteiger partial charge >= 0.3 is 0 Å². The van der Waals surface area contributed by atoms with Crippen LogP contribution in [0.5, 0.6) is 11.5 Å². The molecule has 0 radical (unpaired) electrons. The number of hydrogen-bond donors (Lipinski definition) is 2. The molecule has 1 aromatic heterocycles. The van der Waals surface area contributed by atoms with Crippen molar-refractivity contribution in [3.05, 3.63) is 60.2 Å². The Balaban J connectivity index is 1.47. The molecule has 0 spiro atoms. The highest BCUT2D eigenvalue weighted by Gasteiger charge is 2.15. The van der Waals surface area contributed by atoms with Gasteiger partial charge in [0, 0.05) is 30.4 Å². The Labute approximate surface area is 168 Å². The molecule has 29 heavy (non-hydrogen) atoms. The van der Waals surface area contributed by atoms with Gasteiger partial charge in [-0.25, -0.2) is 0 Å². The number of hydrogen-bond acceptors (Lipinski definition) is 6. The number of carbonyl (C=O) groups is 1. The van der Waals surface area contributed by atoms with Crippen molar-refractivity contribution < 1.29 is 14.3 Å². The van der Waals surface area contributed by atoms with Gasteiger partial charge in [-0.2, -0.15) is 4.98 Å². The quantitative estimate of drug-likeness (QED) is 0.627. The monoisotopic (exact) mass is 391 g/mol. The Bertz CT molecular complexity index is 1030. The normalized spacial score (nSPS) is 12.8. The van der Waals surface area contributed by atoms with Crippen molar-refractivity contribution in [2.45, 2.75) is 0 Å². The summed E-state index contributed by atoms with van der Waals surface area (Å²) < 4.78 is 10.6. The van der Waals surface area contributed by atoms with Crippen LogP contribution in [0.1, 0.15) is 10.4 Å². The van der Waals surface area contributed by atoms with E-state index in [1.807, 2.05) is 18.2 Å². The summed E-state index contributed by atoms with van der Waals surface area (Å²) in [4.78, 5) is 19.1. The lowest BCUT2D eigenvalue weighted by molar-refractivity contribution is 0.102. The molecule has 1 aliphatic rings. The van der Waals surface area contributed by atoms with Crippen molar-refractivity contribution in [3.8, 4) is 22.9 Å². The predicted octanol–water partition coefficient (Wildman–Crippen LogP) is 3.12. The highest BCUT2D eigenvalue weighted by molar-refractivity contribution is 6.03. The van der Waals surface area contributed by atoms with Crippen molar-refractivity contribution in [1.82, 2.24) is 15.2 Å². The number of nitrogens with one attached hydrogen (secondary N) is 2. The van der Waals surface area contributed by atoms with E-state index in [1.54, 1.807) is 38.5 Å². The van der Waals surface area contributed by atoms with Crippen LogP contribution in [0.25, 0.3) is 11.4 Å². The van der Waals surface area contributed by atoms with Crippen LogP contribution < -0.4 is 19.7 Å². The molecule has 8 nitrogen and oxygen atoms in total. The van der Waals surface area contributed by atoms with Crippen LogP contribution in [0.2, 0.25) is 0 Å². The van der Waals surface area contributed by atoms with Gasteiger partial charge in [0.1, 0.15) is 11.5 Å². The maximum atomic E-state index is 12.5. The van der Waals surface area contributed by atoms with Crippen molar-refractivity contribution in [2.75, 3.05) is 37.5 Å². The third-order valence-electron chi connectivity index (χ3n) is 4.69. The first-order valence-electron chi connectivity index (χ1n) is 9.14. The van der Waals surface area contributed by atoms with E-state index in [0.29, 0.717) is 28.5 Å². The van der Waals surface area contributed by atoms with E-state index in [2.05, 4.69) is 37.6 Å². The van der Waals surface area contributed by atoms with Crippen LogP contribution in [0, 0.1) is 0 Å². The Morgan fingerprint density at radius 2 is 1.83 bits per heavy atom. The molecule has 4 rings (SSSR count). The SMILES string of the molecule is COc1ccc(-c2nc(NC(=O)c3ccc(N4CC=CC4)cc3)n[nH]2)c(OC)c1. The van der Waals surface area contributed by atoms with Gasteiger partial charge in [-0.05, 0) is 36.4 Å². The third kappa shape index (κ3) is 3.91. The van der Waals surface area contributed by atoms with Crippen molar-refractivity contribution in [1.29, 1.82) is 0 Å². The Morgan fingerprint density at radius 3 is 2.52 bits per heavy atom. The number of nitrogens with zero attached hydrogens (tertiary/aromatic N) is 3. The summed E-state index contributed by atoms with van der Waals surface area (Å²) in [6.07, 6.45) is 4.25. The minimum Gasteiger partial charge on any atom is -0.497 e. The summed E-state index contributed by atoms with van der Waals surface area (Å²) in [5, 5.41) is 9.63. The largest absolute Gasteiger partial charge is 0.497 e. The molecule has 1 amide bonds. The first-order chi connectivity index (χ1) is 14.2. The fourth-order valence-electron chi connectivity index (χ4n) is 3.12. The summed E-state index contributed by atoms with van der Waals surface area (Å²) in [7, 11) is 3.16. The topological polar surface area (TPSA) is 92.4 Å². The van der Waals surface area contributed by atoms with Gasteiger partial charge in [-0.1, -0.05) is 12.2 Å². The maximum Gasteiger partial charge on any atom is 0.258 e. The Kier molecular flexibility index (Phi) is 5.15. The van der Waals surface area contributed by atoms with Crippen LogP contribution in [-0.2, 0) is 0 Å². The van der Waals surface area contributed by atoms with Crippen molar-refractivity contribution in [3.63, 3.8) is 0 Å². The standard InChI is InChI=1S/C21H21N5O3/c1-28-16-9-10-17(18(13-16)29-2)19-22-21(25-24-19)23-20(27)14-5-7-15(8-6-14)26-11-3-4-12-26/h3-10,13H,11-12H2,1-2H3,(H2,22,23,24,25,27). The Morgan fingerprint density at radius 1 is 1.07 bits per heavy atom. The van der Waals surface area contributed by atoms with Gasteiger partial charge in [0.15, 0.2) is 5.82 Å². The maximum absolute atomic E-state index is 12.5. The minimum absolute atomic E-state index is 0.190. The number of benzene rings is 2. The molecule has 0 fully saturated rings. The number of aromatic nitrogens is 3. The molecule has 0 saturated heterocycles. The number of ether oxygens (including phenoxy) is 2. The number of carbonyl (C=O) groups excluding carboxylic acids is 1. The van der Waals surface area contributed by atoms with Crippen LogP contribution in [0.15, 0.2) is 54.6 Å². The number of aromatic amines is 1. The molecule has 0 atom stereocenters. The summed E-state index contributed by atoms with van der Waals surface area (Å²) in [5.41, 5.74) is 2.33. The molecular formula is C21H21N5O3. The molecule has 148 valence electrons. The van der Waals surface area contributed by atoms with Crippen LogP contribution in [-0.4, -0.2) is 48.4 Å².